The van der Waals surface area contributed by atoms with Crippen LogP contribution in [0.4, 0.5) is 0 Å². The molecule has 1 aliphatic heterocycles. The van der Waals surface area contributed by atoms with Gasteiger partial charge in [-0.3, -0.25) is 0 Å². The van der Waals surface area contributed by atoms with E-state index in [4.69, 9.17) is 23.7 Å². The van der Waals surface area contributed by atoms with Crippen molar-refractivity contribution in [2.75, 3.05) is 35.0 Å². The Morgan fingerprint density at radius 2 is 1.15 bits per heavy atom. The zero-order chi connectivity index (χ0) is 22.7. The van der Waals surface area contributed by atoms with Gasteiger partial charge in [0.2, 0.25) is 0 Å². The Hall–Kier alpha value is -3.18. The van der Waals surface area contributed by atoms with Crippen LogP contribution in [0.3, 0.4) is 0 Å². The Kier molecular flexibility index (Phi) is 4.59. The van der Waals surface area contributed by atoms with E-state index in [1.807, 2.05) is 0 Å². The molecule has 0 aromatic heterocycles. The molecule has 3 aromatic carbocycles. The van der Waals surface area contributed by atoms with Gasteiger partial charge in [-0.2, -0.15) is 0 Å². The van der Waals surface area contributed by atoms with Crippen molar-refractivity contribution in [1.29, 1.82) is 0 Å². The average Bonchev–Trinajstić information content (AvgIpc) is 3.48. The summed E-state index contributed by atoms with van der Waals surface area (Å²) in [4.78, 5) is 0. The van der Waals surface area contributed by atoms with Crippen molar-refractivity contribution in [1.82, 2.24) is 0 Å². The van der Waals surface area contributed by atoms with Gasteiger partial charge in [-0.1, -0.05) is 30.3 Å². The fourth-order valence-corrected chi connectivity index (χ4v) is 6.75. The fraction of sp³-hybridized carbons (Fsp3) is 0.357. The van der Waals surface area contributed by atoms with E-state index in [1.54, 1.807) is 28.4 Å². The summed E-state index contributed by atoms with van der Waals surface area (Å²) < 4.78 is 29.3. The first-order chi connectivity index (χ1) is 16.2. The number of hydrogen-bond acceptors (Lipinski definition) is 5. The van der Waals surface area contributed by atoms with Gasteiger partial charge in [-0.25, -0.2) is 0 Å². The van der Waals surface area contributed by atoms with Crippen molar-refractivity contribution in [3.63, 3.8) is 0 Å². The molecule has 1 spiro atoms. The molecular weight excluding hydrogens is 416 g/mol. The summed E-state index contributed by atoms with van der Waals surface area (Å²) in [6.07, 6.45) is 0.951. The molecule has 3 aliphatic rings. The maximum absolute atomic E-state index is 6.52. The van der Waals surface area contributed by atoms with Gasteiger partial charge in [0.25, 0.3) is 0 Å². The second-order valence-electron chi connectivity index (χ2n) is 9.06. The molecule has 2 aliphatic carbocycles. The smallest absolute Gasteiger partial charge is 0.161 e. The zero-order valence-corrected chi connectivity index (χ0v) is 19.4. The highest BCUT2D eigenvalue weighted by Gasteiger charge is 2.66. The summed E-state index contributed by atoms with van der Waals surface area (Å²) >= 11 is 0. The number of hydrogen-bond donors (Lipinski definition) is 0. The Balaban J connectivity index is 1.67. The molecule has 6 rings (SSSR count). The van der Waals surface area contributed by atoms with E-state index in [1.165, 1.54) is 27.8 Å². The van der Waals surface area contributed by atoms with E-state index in [-0.39, 0.29) is 23.4 Å². The molecule has 5 heteroatoms. The van der Waals surface area contributed by atoms with Crippen LogP contribution in [-0.4, -0.2) is 35.0 Å². The maximum atomic E-state index is 6.52. The Labute approximate surface area is 194 Å². The van der Waals surface area contributed by atoms with E-state index in [2.05, 4.69) is 54.6 Å². The molecule has 4 atom stereocenters. The largest absolute Gasteiger partial charge is 0.493 e. The SMILES string of the molecule is COc1cc2c(cc1OC)[C@@H]1c3cc(OC)c(OC)cc3[C@@H](c3ccccc3)[C@@]13CCOC23. The van der Waals surface area contributed by atoms with Crippen LogP contribution in [0, 0.1) is 5.41 Å². The molecule has 1 saturated heterocycles. The predicted octanol–water partition coefficient (Wildman–Crippen LogP) is 5.46. The summed E-state index contributed by atoms with van der Waals surface area (Å²) in [6.45, 7) is 0.737. The molecule has 0 radical (unpaired) electrons. The summed E-state index contributed by atoms with van der Waals surface area (Å²) in [5, 5.41) is 0. The number of fused-ring (bicyclic) bond motifs is 5. The second-order valence-corrected chi connectivity index (χ2v) is 9.06. The van der Waals surface area contributed by atoms with E-state index in [0.717, 1.165) is 36.0 Å². The van der Waals surface area contributed by atoms with Crippen molar-refractivity contribution in [2.45, 2.75) is 24.4 Å². The van der Waals surface area contributed by atoms with Crippen LogP contribution in [0.15, 0.2) is 54.6 Å². The lowest BCUT2D eigenvalue weighted by Gasteiger charge is -2.36. The molecule has 0 N–H and O–H groups in total. The molecule has 0 amide bonds. The average molecular weight is 445 g/mol. The monoisotopic (exact) mass is 444 g/mol. The van der Waals surface area contributed by atoms with Crippen LogP contribution in [0.5, 0.6) is 23.0 Å². The van der Waals surface area contributed by atoms with E-state index in [0.29, 0.717) is 0 Å². The Morgan fingerprint density at radius 1 is 0.667 bits per heavy atom. The molecule has 1 heterocycles. The number of ether oxygens (including phenoxy) is 5. The molecule has 170 valence electrons. The zero-order valence-electron chi connectivity index (χ0n) is 19.4. The molecule has 1 fully saturated rings. The van der Waals surface area contributed by atoms with Gasteiger partial charge >= 0.3 is 0 Å². The highest BCUT2D eigenvalue weighted by atomic mass is 16.5. The minimum atomic E-state index is -0.124. The quantitative estimate of drug-likeness (QED) is 0.523. The molecule has 0 saturated carbocycles. The van der Waals surface area contributed by atoms with Crippen LogP contribution in [0.1, 0.15) is 52.2 Å². The topological polar surface area (TPSA) is 46.2 Å². The third-order valence-corrected chi connectivity index (χ3v) is 7.91. The van der Waals surface area contributed by atoms with Gasteiger partial charge in [-0.15, -0.1) is 0 Å². The first kappa shape index (κ1) is 20.4. The fourth-order valence-electron chi connectivity index (χ4n) is 6.75. The van der Waals surface area contributed by atoms with Gasteiger partial charge in [0.15, 0.2) is 23.0 Å². The minimum absolute atomic E-state index is 0.0214. The van der Waals surface area contributed by atoms with Gasteiger partial charge in [0, 0.05) is 23.9 Å². The summed E-state index contributed by atoms with van der Waals surface area (Å²) in [7, 11) is 6.77. The first-order valence-electron chi connectivity index (χ1n) is 11.4. The molecule has 5 nitrogen and oxygen atoms in total. The van der Waals surface area contributed by atoms with Crippen molar-refractivity contribution in [3.05, 3.63) is 82.4 Å². The molecule has 3 aromatic rings. The Bertz CT molecular complexity index is 1220. The van der Waals surface area contributed by atoms with Gasteiger partial charge < -0.3 is 23.7 Å². The van der Waals surface area contributed by atoms with E-state index in [9.17, 15) is 0 Å². The lowest BCUT2D eigenvalue weighted by atomic mass is 9.66. The lowest BCUT2D eigenvalue weighted by Crippen LogP contribution is -2.29. The normalized spacial score (nSPS) is 26.2. The number of methoxy groups -OCH3 is 4. The van der Waals surface area contributed by atoms with Crippen molar-refractivity contribution in [3.8, 4) is 23.0 Å². The highest BCUT2D eigenvalue weighted by molar-refractivity contribution is 5.66. The number of rotatable bonds is 5. The first-order valence-corrected chi connectivity index (χ1v) is 11.4. The number of benzene rings is 3. The van der Waals surface area contributed by atoms with Gasteiger partial charge in [0.1, 0.15) is 0 Å². The minimum Gasteiger partial charge on any atom is -0.493 e. The van der Waals surface area contributed by atoms with Crippen LogP contribution in [0.2, 0.25) is 0 Å². The van der Waals surface area contributed by atoms with Crippen LogP contribution in [0.25, 0.3) is 0 Å². The van der Waals surface area contributed by atoms with E-state index < -0.39 is 0 Å². The summed E-state index contributed by atoms with van der Waals surface area (Å²) in [5.74, 6) is 3.35. The highest BCUT2D eigenvalue weighted by Crippen LogP contribution is 2.75. The van der Waals surface area contributed by atoms with Gasteiger partial charge in [-0.05, 0) is 58.5 Å². The van der Waals surface area contributed by atoms with Crippen molar-refractivity contribution >= 4 is 0 Å². The lowest BCUT2D eigenvalue weighted by molar-refractivity contribution is 0.0513. The molecule has 0 bridgehead atoms. The van der Waals surface area contributed by atoms with Crippen LogP contribution >= 0.6 is 0 Å². The maximum Gasteiger partial charge on any atom is 0.161 e. The van der Waals surface area contributed by atoms with E-state index >= 15 is 0 Å². The third-order valence-electron chi connectivity index (χ3n) is 7.91. The second kappa shape index (κ2) is 7.42. The summed E-state index contributed by atoms with van der Waals surface area (Å²) in [6, 6.07) is 19.4. The van der Waals surface area contributed by atoms with Crippen LogP contribution in [-0.2, 0) is 4.74 Å². The van der Waals surface area contributed by atoms with Crippen LogP contribution < -0.4 is 18.9 Å². The molecule has 1 unspecified atom stereocenters. The molecular formula is C28H28O5. The standard InChI is InChI=1S/C28H28O5/c1-29-21-12-17-18(13-22(21)30-2)26-19-14-23(31-3)24(32-4)15-20(19)27-28(26,10-11-33-27)25(17)16-8-6-5-7-9-16/h5-9,12-15,25-27H,10-11H2,1-4H3/t25-,26+,27?,28+/m1/s1. The summed E-state index contributed by atoms with van der Waals surface area (Å²) in [5.41, 5.74) is 6.21. The van der Waals surface area contributed by atoms with Gasteiger partial charge in [0.05, 0.1) is 34.5 Å². The van der Waals surface area contributed by atoms with Crippen molar-refractivity contribution in [2.24, 2.45) is 5.41 Å². The predicted molar refractivity (Wildman–Crippen MR) is 125 cm³/mol. The van der Waals surface area contributed by atoms with Crippen molar-refractivity contribution < 1.29 is 23.7 Å². The Morgan fingerprint density at radius 3 is 1.70 bits per heavy atom. The molecule has 33 heavy (non-hydrogen) atoms. The third kappa shape index (κ3) is 2.57.